The molecule has 0 radical (unpaired) electrons. The standard InChI is InChI=1S/C16H24Cl6O6/c1-13(21,9-19)15(3,25-7-5-17)27-11(23)12(24)28-16(4,26-8-6-18)14(2,22)10-20/h5-10H2,1-4H3. The van der Waals surface area contributed by atoms with Crippen LogP contribution in [-0.2, 0) is 28.5 Å². The molecule has 166 valence electrons. The molecule has 0 aromatic rings. The zero-order valence-corrected chi connectivity index (χ0v) is 20.5. The highest BCUT2D eigenvalue weighted by Gasteiger charge is 2.52. The lowest BCUT2D eigenvalue weighted by molar-refractivity contribution is -0.253. The van der Waals surface area contributed by atoms with E-state index >= 15 is 0 Å². The van der Waals surface area contributed by atoms with E-state index in [1.807, 2.05) is 0 Å². The predicted octanol–water partition coefficient (Wildman–Crippen LogP) is 4.49. The van der Waals surface area contributed by atoms with Gasteiger partial charge in [-0.15, -0.1) is 69.6 Å². The fourth-order valence-electron chi connectivity index (χ4n) is 1.72. The molecule has 0 spiro atoms. The van der Waals surface area contributed by atoms with Crippen LogP contribution in [0.25, 0.3) is 0 Å². The third kappa shape index (κ3) is 7.38. The highest BCUT2D eigenvalue weighted by Crippen LogP contribution is 2.37. The Hall–Kier alpha value is 0.600. The van der Waals surface area contributed by atoms with E-state index in [9.17, 15) is 9.59 Å². The number of ether oxygens (including phenoxy) is 4. The van der Waals surface area contributed by atoms with Gasteiger partial charge in [-0.05, 0) is 13.8 Å². The fraction of sp³-hybridized carbons (Fsp3) is 0.875. The molecular weight excluding hydrogens is 501 g/mol. The quantitative estimate of drug-likeness (QED) is 0.162. The second-order valence-electron chi connectivity index (χ2n) is 6.41. The summed E-state index contributed by atoms with van der Waals surface area (Å²) in [6, 6.07) is 0. The minimum atomic E-state index is -1.77. The van der Waals surface area contributed by atoms with Crippen molar-refractivity contribution in [2.24, 2.45) is 0 Å². The first-order valence-corrected chi connectivity index (χ1v) is 11.0. The van der Waals surface area contributed by atoms with Gasteiger partial charge in [0.2, 0.25) is 11.6 Å². The third-order valence-electron chi connectivity index (χ3n) is 4.05. The molecule has 0 saturated heterocycles. The number of carbonyl (C=O) groups excluding carboxylic acids is 2. The molecule has 28 heavy (non-hydrogen) atoms. The molecule has 0 aliphatic carbocycles. The molecule has 0 fully saturated rings. The van der Waals surface area contributed by atoms with E-state index in [-0.39, 0.29) is 36.7 Å². The van der Waals surface area contributed by atoms with Gasteiger partial charge < -0.3 is 18.9 Å². The SMILES string of the molecule is CC(Cl)(CCl)C(C)(OCCCl)OC(=O)C(=O)OC(C)(OCCCl)C(C)(Cl)CCl. The summed E-state index contributed by atoms with van der Waals surface area (Å²) in [4.78, 5) is 22.0. The summed E-state index contributed by atoms with van der Waals surface area (Å²) < 4.78 is 21.3. The number of esters is 2. The van der Waals surface area contributed by atoms with Gasteiger partial charge in [-0.3, -0.25) is 0 Å². The van der Waals surface area contributed by atoms with E-state index in [0.717, 1.165) is 0 Å². The Bertz CT molecular complexity index is 486. The molecule has 0 N–H and O–H groups in total. The Kier molecular flexibility index (Phi) is 12.1. The zero-order chi connectivity index (χ0) is 22.2. The van der Waals surface area contributed by atoms with Crippen molar-refractivity contribution in [3.8, 4) is 0 Å². The monoisotopic (exact) mass is 522 g/mol. The van der Waals surface area contributed by atoms with E-state index in [1.165, 1.54) is 27.7 Å². The average Bonchev–Trinajstić information content (AvgIpc) is 2.64. The van der Waals surface area contributed by atoms with Crippen molar-refractivity contribution in [1.29, 1.82) is 0 Å². The van der Waals surface area contributed by atoms with E-state index in [2.05, 4.69) is 0 Å². The summed E-state index contributed by atoms with van der Waals surface area (Å²) in [7, 11) is 0. The maximum Gasteiger partial charge on any atom is 0.420 e. The topological polar surface area (TPSA) is 71.1 Å². The molecule has 0 saturated carbocycles. The molecule has 0 aromatic carbocycles. The summed E-state index contributed by atoms with van der Waals surface area (Å²) >= 11 is 35.5. The first kappa shape index (κ1) is 28.6. The Morgan fingerprint density at radius 1 is 0.679 bits per heavy atom. The predicted molar refractivity (Wildman–Crippen MR) is 112 cm³/mol. The smallest absolute Gasteiger partial charge is 0.420 e. The first-order valence-electron chi connectivity index (χ1n) is 8.11. The Morgan fingerprint density at radius 3 is 1.18 bits per heavy atom. The molecule has 0 aromatic heterocycles. The van der Waals surface area contributed by atoms with Crippen LogP contribution in [0.4, 0.5) is 0 Å². The summed E-state index contributed by atoms with van der Waals surface area (Å²) in [5, 5.41) is 0. The number of alkyl halides is 6. The maximum absolute atomic E-state index is 12.4. The van der Waals surface area contributed by atoms with Crippen LogP contribution < -0.4 is 0 Å². The largest absolute Gasteiger partial charge is 0.423 e. The van der Waals surface area contributed by atoms with Gasteiger partial charge in [-0.2, -0.15) is 0 Å². The number of hydrogen-bond donors (Lipinski definition) is 0. The van der Waals surface area contributed by atoms with Crippen molar-refractivity contribution in [2.75, 3.05) is 36.7 Å². The Morgan fingerprint density at radius 2 is 0.964 bits per heavy atom. The molecule has 0 aliphatic rings. The van der Waals surface area contributed by atoms with Crippen molar-refractivity contribution in [3.05, 3.63) is 0 Å². The molecular formula is C16H24Cl6O6. The molecule has 0 amide bonds. The average molecular weight is 525 g/mol. The van der Waals surface area contributed by atoms with Gasteiger partial charge in [0.25, 0.3) is 0 Å². The molecule has 4 atom stereocenters. The van der Waals surface area contributed by atoms with Crippen LogP contribution in [0.2, 0.25) is 0 Å². The number of hydrogen-bond acceptors (Lipinski definition) is 6. The van der Waals surface area contributed by atoms with E-state index in [1.54, 1.807) is 0 Å². The molecule has 0 aliphatic heterocycles. The van der Waals surface area contributed by atoms with Gasteiger partial charge in [-0.1, -0.05) is 0 Å². The summed E-state index contributed by atoms with van der Waals surface area (Å²) in [6.07, 6.45) is 0. The van der Waals surface area contributed by atoms with Gasteiger partial charge in [0, 0.05) is 37.4 Å². The lowest BCUT2D eigenvalue weighted by atomic mass is 10.0. The van der Waals surface area contributed by atoms with E-state index in [4.69, 9.17) is 88.6 Å². The van der Waals surface area contributed by atoms with Crippen molar-refractivity contribution in [3.63, 3.8) is 0 Å². The first-order chi connectivity index (χ1) is 12.8. The normalized spacial score (nSPS) is 20.2. The summed E-state index contributed by atoms with van der Waals surface area (Å²) in [5.41, 5.74) is 0. The van der Waals surface area contributed by atoms with Crippen LogP contribution in [0.3, 0.4) is 0 Å². The lowest BCUT2D eigenvalue weighted by Crippen LogP contribution is -2.56. The highest BCUT2D eigenvalue weighted by molar-refractivity contribution is 6.33. The minimum absolute atomic E-state index is 0.0118. The van der Waals surface area contributed by atoms with Gasteiger partial charge in [-0.25, -0.2) is 9.59 Å². The molecule has 4 unspecified atom stereocenters. The van der Waals surface area contributed by atoms with Crippen LogP contribution in [0, 0.1) is 0 Å². The molecule has 0 rings (SSSR count). The van der Waals surface area contributed by atoms with Crippen LogP contribution in [0.1, 0.15) is 27.7 Å². The minimum Gasteiger partial charge on any atom is -0.423 e. The number of carbonyl (C=O) groups is 2. The molecule has 12 heteroatoms. The van der Waals surface area contributed by atoms with Crippen LogP contribution in [0.5, 0.6) is 0 Å². The van der Waals surface area contributed by atoms with Crippen molar-refractivity contribution in [2.45, 2.75) is 49.0 Å². The number of halogens is 6. The van der Waals surface area contributed by atoms with Crippen LogP contribution >= 0.6 is 69.6 Å². The lowest BCUT2D eigenvalue weighted by Gasteiger charge is -2.41. The van der Waals surface area contributed by atoms with E-state index in [0.29, 0.717) is 0 Å². The van der Waals surface area contributed by atoms with Crippen LogP contribution in [-0.4, -0.2) is 70.0 Å². The van der Waals surface area contributed by atoms with Crippen molar-refractivity contribution < 1.29 is 28.5 Å². The van der Waals surface area contributed by atoms with Gasteiger partial charge in [0.05, 0.1) is 13.2 Å². The highest BCUT2D eigenvalue weighted by atomic mass is 35.5. The summed E-state index contributed by atoms with van der Waals surface area (Å²) in [5.74, 6) is -6.45. The number of rotatable bonds is 12. The van der Waals surface area contributed by atoms with Gasteiger partial charge >= 0.3 is 11.9 Å². The maximum atomic E-state index is 12.4. The van der Waals surface area contributed by atoms with Gasteiger partial charge in [0.15, 0.2) is 0 Å². The Balaban J connectivity index is 5.51. The van der Waals surface area contributed by atoms with Crippen molar-refractivity contribution >= 4 is 81.5 Å². The zero-order valence-electron chi connectivity index (χ0n) is 16.0. The molecule has 6 nitrogen and oxygen atoms in total. The fourth-order valence-corrected chi connectivity index (χ4v) is 2.55. The second-order valence-corrected chi connectivity index (χ2v) is 9.37. The third-order valence-corrected chi connectivity index (χ3v) is 6.65. The molecule has 0 bridgehead atoms. The van der Waals surface area contributed by atoms with E-state index < -0.39 is 33.3 Å². The molecule has 0 heterocycles. The van der Waals surface area contributed by atoms with Crippen molar-refractivity contribution in [1.82, 2.24) is 0 Å². The van der Waals surface area contributed by atoms with Crippen LogP contribution in [0.15, 0.2) is 0 Å². The Labute approximate surface area is 195 Å². The van der Waals surface area contributed by atoms with Gasteiger partial charge in [0.1, 0.15) is 9.75 Å². The summed E-state index contributed by atoms with van der Waals surface area (Å²) in [6.45, 7) is 5.64. The second kappa shape index (κ2) is 11.8.